The Morgan fingerprint density at radius 3 is 2.31 bits per heavy atom. The lowest BCUT2D eigenvalue weighted by Crippen LogP contribution is -1.96. The van der Waals surface area contributed by atoms with Gasteiger partial charge >= 0.3 is 0 Å². The Labute approximate surface area is 86.1 Å². The molecule has 0 amide bonds. The molecular formula is C6H2BrClF2O2S. The van der Waals surface area contributed by atoms with Crippen LogP contribution in [0.5, 0.6) is 0 Å². The quantitative estimate of drug-likeness (QED) is 0.589. The monoisotopic (exact) mass is 290 g/mol. The van der Waals surface area contributed by atoms with Crippen LogP contribution in [-0.4, -0.2) is 8.42 Å². The highest BCUT2D eigenvalue weighted by atomic mass is 79.9. The fraction of sp³-hybridized carbons (Fsp3) is 0. The summed E-state index contributed by atoms with van der Waals surface area (Å²) in [5.74, 6) is -2.01. The van der Waals surface area contributed by atoms with Gasteiger partial charge in [0.05, 0.1) is 4.47 Å². The smallest absolute Gasteiger partial charge is 0.207 e. The molecule has 0 heterocycles. The van der Waals surface area contributed by atoms with E-state index >= 15 is 0 Å². The Morgan fingerprint density at radius 1 is 1.31 bits per heavy atom. The van der Waals surface area contributed by atoms with Gasteiger partial charge in [0.2, 0.25) is 0 Å². The van der Waals surface area contributed by atoms with Crippen molar-refractivity contribution in [3.63, 3.8) is 0 Å². The fourth-order valence-corrected chi connectivity index (χ4v) is 2.79. The van der Waals surface area contributed by atoms with Crippen LogP contribution in [0, 0.1) is 11.6 Å². The van der Waals surface area contributed by atoms with Gasteiger partial charge in [0.25, 0.3) is 9.05 Å². The van der Waals surface area contributed by atoms with Crippen molar-refractivity contribution in [1.29, 1.82) is 0 Å². The molecular weight excluding hydrogens is 289 g/mol. The van der Waals surface area contributed by atoms with Crippen molar-refractivity contribution in [1.82, 2.24) is 0 Å². The minimum atomic E-state index is -4.13. The first-order valence-corrected chi connectivity index (χ1v) is 6.02. The van der Waals surface area contributed by atoms with Crippen molar-refractivity contribution >= 4 is 35.7 Å². The van der Waals surface area contributed by atoms with E-state index in [4.69, 9.17) is 10.7 Å². The Morgan fingerprint density at radius 2 is 1.85 bits per heavy atom. The van der Waals surface area contributed by atoms with E-state index in [-0.39, 0.29) is 4.47 Å². The standard InChI is InChI=1S/C6H2BrClF2O2S/c7-6-4(10)1-3(9)2-5(6)13(8,11)12/h1-2H. The molecule has 0 aliphatic heterocycles. The molecule has 0 aromatic heterocycles. The lowest BCUT2D eigenvalue weighted by atomic mass is 10.3. The van der Waals surface area contributed by atoms with Crippen LogP contribution in [-0.2, 0) is 9.05 Å². The van der Waals surface area contributed by atoms with Crippen LogP contribution < -0.4 is 0 Å². The Balaban J connectivity index is 3.56. The summed E-state index contributed by atoms with van der Waals surface area (Å²) in [6.07, 6.45) is 0. The third-order valence-corrected chi connectivity index (χ3v) is 3.64. The molecule has 0 unspecified atom stereocenters. The van der Waals surface area contributed by atoms with Gasteiger partial charge in [0, 0.05) is 16.7 Å². The van der Waals surface area contributed by atoms with Gasteiger partial charge in [-0.3, -0.25) is 0 Å². The molecule has 2 nitrogen and oxygen atoms in total. The van der Waals surface area contributed by atoms with E-state index in [2.05, 4.69) is 15.9 Å². The molecule has 0 radical (unpaired) electrons. The van der Waals surface area contributed by atoms with Gasteiger partial charge in [0.15, 0.2) is 0 Å². The maximum atomic E-state index is 12.8. The predicted octanol–water partition coefficient (Wildman–Crippen LogP) is 2.65. The van der Waals surface area contributed by atoms with Crippen LogP contribution in [0.25, 0.3) is 0 Å². The van der Waals surface area contributed by atoms with Crippen molar-refractivity contribution in [2.24, 2.45) is 0 Å². The van der Waals surface area contributed by atoms with E-state index in [0.717, 1.165) is 0 Å². The normalized spacial score (nSPS) is 11.7. The lowest BCUT2D eigenvalue weighted by Gasteiger charge is -2.01. The summed E-state index contributed by atoms with van der Waals surface area (Å²) in [6.45, 7) is 0. The van der Waals surface area contributed by atoms with Gasteiger partial charge in [0.1, 0.15) is 16.5 Å². The van der Waals surface area contributed by atoms with E-state index in [0.29, 0.717) is 12.1 Å². The molecule has 0 spiro atoms. The molecule has 0 aliphatic rings. The SMILES string of the molecule is O=S(=O)(Cl)c1cc(F)cc(F)c1Br. The van der Waals surface area contributed by atoms with Crippen LogP contribution in [0.15, 0.2) is 21.5 Å². The van der Waals surface area contributed by atoms with Crippen LogP contribution in [0.4, 0.5) is 8.78 Å². The maximum absolute atomic E-state index is 12.8. The first kappa shape index (κ1) is 10.9. The molecule has 7 heteroatoms. The van der Waals surface area contributed by atoms with Gasteiger partial charge in [-0.1, -0.05) is 0 Å². The molecule has 0 bridgehead atoms. The minimum absolute atomic E-state index is 0.371. The van der Waals surface area contributed by atoms with Gasteiger partial charge in [-0.05, 0) is 22.0 Å². The van der Waals surface area contributed by atoms with Crippen molar-refractivity contribution in [2.75, 3.05) is 0 Å². The molecule has 1 aromatic carbocycles. The van der Waals surface area contributed by atoms with Crippen LogP contribution >= 0.6 is 26.6 Å². The van der Waals surface area contributed by atoms with Gasteiger partial charge in [-0.15, -0.1) is 0 Å². The summed E-state index contributed by atoms with van der Waals surface area (Å²) in [6, 6.07) is 1.19. The van der Waals surface area contributed by atoms with Crippen molar-refractivity contribution in [3.05, 3.63) is 28.2 Å². The molecule has 0 saturated carbocycles. The highest BCUT2D eigenvalue weighted by Crippen LogP contribution is 2.28. The molecule has 0 N–H and O–H groups in total. The summed E-state index contributed by atoms with van der Waals surface area (Å²) in [7, 11) is 0.784. The zero-order valence-electron chi connectivity index (χ0n) is 5.89. The predicted molar refractivity (Wildman–Crippen MR) is 47.1 cm³/mol. The molecule has 0 atom stereocenters. The third-order valence-electron chi connectivity index (χ3n) is 1.22. The number of benzene rings is 1. The number of rotatable bonds is 1. The first-order chi connectivity index (χ1) is 5.82. The van der Waals surface area contributed by atoms with Crippen LogP contribution in [0.1, 0.15) is 0 Å². The van der Waals surface area contributed by atoms with Crippen LogP contribution in [0.3, 0.4) is 0 Å². The van der Waals surface area contributed by atoms with Gasteiger partial charge in [-0.2, -0.15) is 0 Å². The molecule has 1 rings (SSSR count). The second-order valence-corrected chi connectivity index (χ2v) is 5.46. The van der Waals surface area contributed by atoms with E-state index in [1.54, 1.807) is 0 Å². The highest BCUT2D eigenvalue weighted by Gasteiger charge is 2.18. The van der Waals surface area contributed by atoms with Crippen molar-refractivity contribution in [3.8, 4) is 0 Å². The average molecular weight is 292 g/mol. The molecule has 0 aliphatic carbocycles. The van der Waals surface area contributed by atoms with E-state index in [9.17, 15) is 17.2 Å². The minimum Gasteiger partial charge on any atom is -0.207 e. The summed E-state index contributed by atoms with van der Waals surface area (Å²) >= 11 is 2.64. The molecule has 0 saturated heterocycles. The average Bonchev–Trinajstić information content (AvgIpc) is 1.94. The number of hydrogen-bond donors (Lipinski definition) is 0. The summed E-state index contributed by atoms with van der Waals surface area (Å²) in [4.78, 5) is -0.619. The largest absolute Gasteiger partial charge is 0.262 e. The fourth-order valence-electron chi connectivity index (χ4n) is 0.710. The Bertz CT molecular complexity index is 446. The molecule has 13 heavy (non-hydrogen) atoms. The second-order valence-electron chi connectivity index (χ2n) is 2.14. The summed E-state index contributed by atoms with van der Waals surface area (Å²) in [5.41, 5.74) is 0. The third kappa shape index (κ3) is 2.38. The van der Waals surface area contributed by atoms with Crippen molar-refractivity contribution in [2.45, 2.75) is 4.90 Å². The Hall–Kier alpha value is -0.200. The van der Waals surface area contributed by atoms with Gasteiger partial charge in [-0.25, -0.2) is 17.2 Å². The zero-order valence-corrected chi connectivity index (χ0v) is 9.05. The van der Waals surface area contributed by atoms with Gasteiger partial charge < -0.3 is 0 Å². The topological polar surface area (TPSA) is 34.1 Å². The van der Waals surface area contributed by atoms with E-state index in [1.807, 2.05) is 0 Å². The first-order valence-electron chi connectivity index (χ1n) is 2.91. The Kier molecular flexibility index (Phi) is 2.94. The number of halogens is 4. The summed E-state index contributed by atoms with van der Waals surface area (Å²) in [5, 5.41) is 0. The van der Waals surface area contributed by atoms with Crippen LogP contribution in [0.2, 0.25) is 0 Å². The molecule has 0 fully saturated rings. The lowest BCUT2D eigenvalue weighted by molar-refractivity contribution is 0.565. The summed E-state index contributed by atoms with van der Waals surface area (Å²) < 4.78 is 46.5. The molecule has 1 aromatic rings. The van der Waals surface area contributed by atoms with Crippen molar-refractivity contribution < 1.29 is 17.2 Å². The number of hydrogen-bond acceptors (Lipinski definition) is 2. The maximum Gasteiger partial charge on any atom is 0.262 e. The highest BCUT2D eigenvalue weighted by molar-refractivity contribution is 9.10. The molecule has 72 valence electrons. The van der Waals surface area contributed by atoms with E-state index in [1.165, 1.54) is 0 Å². The van der Waals surface area contributed by atoms with E-state index < -0.39 is 25.6 Å². The zero-order chi connectivity index (χ0) is 10.2. The second kappa shape index (κ2) is 3.51.